The molecular formula is C24H27ClN4O6S2. The van der Waals surface area contributed by atoms with Gasteiger partial charge in [0.1, 0.15) is 16.4 Å². The van der Waals surface area contributed by atoms with Crippen LogP contribution in [0.5, 0.6) is 11.5 Å². The van der Waals surface area contributed by atoms with Crippen LogP contribution >= 0.6 is 22.9 Å². The van der Waals surface area contributed by atoms with Crippen molar-refractivity contribution in [3.63, 3.8) is 0 Å². The molecule has 1 aromatic heterocycles. The second-order valence-corrected chi connectivity index (χ2v) is 10.5. The van der Waals surface area contributed by atoms with Gasteiger partial charge in [-0.3, -0.25) is 4.79 Å². The topological polar surface area (TPSA) is 150 Å². The molecule has 4 rings (SSSR count). The van der Waals surface area contributed by atoms with Crippen LogP contribution in [0.3, 0.4) is 0 Å². The lowest BCUT2D eigenvalue weighted by Gasteiger charge is -2.21. The highest BCUT2D eigenvalue weighted by Gasteiger charge is 2.22. The van der Waals surface area contributed by atoms with Crippen LogP contribution in [0.4, 0.5) is 15.6 Å². The van der Waals surface area contributed by atoms with Gasteiger partial charge in [-0.05, 0) is 74.3 Å². The first kappa shape index (κ1) is 28.4. The molecule has 13 heteroatoms. The number of ether oxygens (including phenoxy) is 1. The van der Waals surface area contributed by atoms with Gasteiger partial charge in [-0.2, -0.15) is 0 Å². The minimum atomic E-state index is -1.60. The third kappa shape index (κ3) is 8.15. The number of carbonyl (C=O) groups excluding carboxylic acids is 1. The largest absolute Gasteiger partial charge is 0.508 e. The second kappa shape index (κ2) is 13.4. The van der Waals surface area contributed by atoms with Crippen molar-refractivity contribution in [2.24, 2.45) is 0 Å². The SMILES string of the molecule is COc1ccc(-c2sc(NC(=O)C3CCCCN3)nc2C)cc1S(=O)Nc1ccc(O)cc1.O=C(O)Cl. The Hall–Kier alpha value is -3.19. The lowest BCUT2D eigenvalue weighted by Crippen LogP contribution is -2.43. The van der Waals surface area contributed by atoms with Crippen molar-refractivity contribution in [3.05, 3.63) is 48.2 Å². The molecule has 2 atom stereocenters. The molecule has 2 aromatic carbocycles. The minimum Gasteiger partial charge on any atom is -0.508 e. The molecular weight excluding hydrogens is 540 g/mol. The summed E-state index contributed by atoms with van der Waals surface area (Å²) in [5, 5.41) is 23.3. The van der Waals surface area contributed by atoms with E-state index in [1.54, 1.807) is 24.3 Å². The first-order valence-electron chi connectivity index (χ1n) is 11.2. The molecule has 37 heavy (non-hydrogen) atoms. The number of phenols is 1. The van der Waals surface area contributed by atoms with Gasteiger partial charge in [0, 0.05) is 17.3 Å². The Kier molecular flexibility index (Phi) is 10.3. The third-order valence-electron chi connectivity index (χ3n) is 5.36. The zero-order valence-corrected chi connectivity index (χ0v) is 22.5. The normalized spacial score (nSPS) is 15.6. The second-order valence-electron chi connectivity index (χ2n) is 7.96. The molecule has 0 radical (unpaired) electrons. The molecule has 198 valence electrons. The lowest BCUT2D eigenvalue weighted by molar-refractivity contribution is -0.118. The molecule has 1 saturated heterocycles. The van der Waals surface area contributed by atoms with Crippen molar-refractivity contribution < 1.29 is 28.7 Å². The molecule has 2 unspecified atom stereocenters. The summed E-state index contributed by atoms with van der Waals surface area (Å²) >= 11 is 5.58. The number of amides is 1. The molecule has 0 spiro atoms. The number of carboxylic acid groups (broad SMARTS) is 1. The molecule has 0 bridgehead atoms. The van der Waals surface area contributed by atoms with Crippen LogP contribution in [-0.2, 0) is 15.8 Å². The molecule has 0 aliphatic carbocycles. The highest BCUT2D eigenvalue weighted by atomic mass is 35.5. The van der Waals surface area contributed by atoms with E-state index in [1.807, 2.05) is 13.0 Å². The van der Waals surface area contributed by atoms with Crippen LogP contribution < -0.4 is 20.1 Å². The van der Waals surface area contributed by atoms with E-state index in [0.717, 1.165) is 41.9 Å². The average molecular weight is 567 g/mol. The van der Waals surface area contributed by atoms with E-state index in [1.165, 1.54) is 30.6 Å². The number of rotatable bonds is 7. The summed E-state index contributed by atoms with van der Waals surface area (Å²) in [5.74, 6) is 0.556. The Morgan fingerprint density at radius 2 is 1.92 bits per heavy atom. The number of hydrogen-bond acceptors (Lipinski definition) is 8. The van der Waals surface area contributed by atoms with E-state index in [-0.39, 0.29) is 17.7 Å². The number of thiazole rings is 1. The Labute approximate surface area is 225 Å². The summed E-state index contributed by atoms with van der Waals surface area (Å²) < 4.78 is 21.4. The zero-order valence-electron chi connectivity index (χ0n) is 20.1. The van der Waals surface area contributed by atoms with E-state index in [0.29, 0.717) is 21.5 Å². The summed E-state index contributed by atoms with van der Waals surface area (Å²) in [5.41, 5.74) is 0.854. The molecule has 5 N–H and O–H groups in total. The van der Waals surface area contributed by atoms with Crippen molar-refractivity contribution >= 4 is 56.1 Å². The number of anilines is 2. The van der Waals surface area contributed by atoms with Gasteiger partial charge < -0.3 is 30.3 Å². The highest BCUT2D eigenvalue weighted by molar-refractivity contribution is 7.86. The molecule has 1 aliphatic rings. The van der Waals surface area contributed by atoms with Gasteiger partial charge in [-0.25, -0.2) is 14.0 Å². The smallest absolute Gasteiger partial charge is 0.401 e. The first-order chi connectivity index (χ1) is 17.7. The van der Waals surface area contributed by atoms with Gasteiger partial charge in [0.15, 0.2) is 16.1 Å². The Balaban J connectivity index is 0.000000886. The van der Waals surface area contributed by atoms with E-state index >= 15 is 0 Å². The number of benzene rings is 2. The van der Waals surface area contributed by atoms with Gasteiger partial charge >= 0.3 is 5.43 Å². The molecule has 2 heterocycles. The quantitative estimate of drug-likeness (QED) is 0.199. The van der Waals surface area contributed by atoms with Gasteiger partial charge in [-0.1, -0.05) is 17.8 Å². The van der Waals surface area contributed by atoms with Crippen molar-refractivity contribution in [2.45, 2.75) is 37.1 Å². The number of phenolic OH excluding ortho intramolecular Hbond substituents is 1. The van der Waals surface area contributed by atoms with Gasteiger partial charge in [0.05, 0.1) is 23.7 Å². The summed E-state index contributed by atoms with van der Waals surface area (Å²) in [6.07, 6.45) is 2.95. The maximum Gasteiger partial charge on any atom is 0.401 e. The number of nitrogens with one attached hydrogen (secondary N) is 3. The van der Waals surface area contributed by atoms with E-state index in [9.17, 15) is 14.1 Å². The lowest BCUT2D eigenvalue weighted by atomic mass is 10.0. The predicted molar refractivity (Wildman–Crippen MR) is 145 cm³/mol. The number of hydrogen-bond donors (Lipinski definition) is 5. The van der Waals surface area contributed by atoms with Crippen LogP contribution in [0, 0.1) is 6.92 Å². The number of aryl methyl sites for hydroxylation is 1. The van der Waals surface area contributed by atoms with Crippen LogP contribution in [0.15, 0.2) is 47.4 Å². The first-order valence-corrected chi connectivity index (χ1v) is 13.6. The molecule has 1 amide bonds. The summed E-state index contributed by atoms with van der Waals surface area (Å²) in [7, 11) is -0.0703. The van der Waals surface area contributed by atoms with Gasteiger partial charge in [0.25, 0.3) is 0 Å². The standard InChI is InChI=1S/C23H26N4O4S2.CHClO2/c1-14-21(32-23(25-14)26-22(29)18-5-3-4-12-24-18)15-6-11-19(31-2)20(13-15)33(30)27-16-7-9-17(28)10-8-16;2-1(3)4/h6-11,13,18,24,27-28H,3-5,12H2,1-2H3,(H,25,26,29);(H,3,4). The fourth-order valence-corrected chi connectivity index (χ4v) is 5.63. The van der Waals surface area contributed by atoms with E-state index in [2.05, 4.69) is 31.9 Å². The molecule has 3 aromatic rings. The maximum atomic E-state index is 13.1. The van der Waals surface area contributed by atoms with E-state index in [4.69, 9.17) is 14.6 Å². The summed E-state index contributed by atoms with van der Waals surface area (Å²) in [6.45, 7) is 2.74. The average Bonchev–Trinajstić information content (AvgIpc) is 3.24. The predicted octanol–water partition coefficient (Wildman–Crippen LogP) is 4.95. The number of aromatic hydroxyl groups is 1. The Bertz CT molecular complexity index is 1260. The molecule has 10 nitrogen and oxygen atoms in total. The third-order valence-corrected chi connectivity index (χ3v) is 7.62. The number of piperidine rings is 1. The summed E-state index contributed by atoms with van der Waals surface area (Å²) in [4.78, 5) is 27.2. The van der Waals surface area contributed by atoms with Crippen LogP contribution in [-0.4, -0.2) is 50.4 Å². The monoisotopic (exact) mass is 566 g/mol. The van der Waals surface area contributed by atoms with Gasteiger partial charge in [-0.15, -0.1) is 0 Å². The fraction of sp³-hybridized carbons (Fsp3) is 0.292. The van der Waals surface area contributed by atoms with E-state index < -0.39 is 16.4 Å². The Morgan fingerprint density at radius 3 is 2.54 bits per heavy atom. The maximum absolute atomic E-state index is 13.1. The van der Waals surface area contributed by atoms with Crippen LogP contribution in [0.1, 0.15) is 25.0 Å². The number of halogens is 1. The molecule has 0 saturated carbocycles. The number of nitrogens with zero attached hydrogens (tertiary/aromatic N) is 1. The van der Waals surface area contributed by atoms with Gasteiger partial charge in [0.2, 0.25) is 5.91 Å². The minimum absolute atomic E-state index is 0.0652. The fourth-order valence-electron chi connectivity index (χ4n) is 3.64. The van der Waals surface area contributed by atoms with Crippen molar-refractivity contribution in [1.82, 2.24) is 10.3 Å². The Morgan fingerprint density at radius 1 is 1.22 bits per heavy atom. The zero-order chi connectivity index (χ0) is 26.9. The summed E-state index contributed by atoms with van der Waals surface area (Å²) in [6, 6.07) is 11.6. The van der Waals surface area contributed by atoms with Crippen LogP contribution in [0.25, 0.3) is 10.4 Å². The molecule has 1 aliphatic heterocycles. The highest BCUT2D eigenvalue weighted by Crippen LogP contribution is 2.36. The molecule has 1 fully saturated rings. The number of methoxy groups -OCH3 is 1. The van der Waals surface area contributed by atoms with Crippen LogP contribution in [0.2, 0.25) is 0 Å². The van der Waals surface area contributed by atoms with Crippen molar-refractivity contribution in [3.8, 4) is 21.9 Å². The van der Waals surface area contributed by atoms with Crippen molar-refractivity contribution in [2.75, 3.05) is 23.7 Å². The number of carbonyl (C=O) groups is 2. The number of aromatic nitrogens is 1. The van der Waals surface area contributed by atoms with Crippen molar-refractivity contribution in [1.29, 1.82) is 0 Å².